The van der Waals surface area contributed by atoms with Crippen molar-refractivity contribution >= 4 is 0 Å². The first kappa shape index (κ1) is 9.59. The lowest BCUT2D eigenvalue weighted by atomic mass is 10.0. The number of aromatic nitrogens is 1. The van der Waals surface area contributed by atoms with Crippen LogP contribution in [0.1, 0.15) is 37.3 Å². The van der Waals surface area contributed by atoms with Gasteiger partial charge in [-0.2, -0.15) is 0 Å². The number of hydrogen-bond acceptors (Lipinski definition) is 2. The van der Waals surface area contributed by atoms with Crippen molar-refractivity contribution in [2.45, 2.75) is 31.7 Å². The van der Waals surface area contributed by atoms with Crippen molar-refractivity contribution in [1.29, 1.82) is 0 Å². The molecule has 3 heteroatoms. The van der Waals surface area contributed by atoms with Crippen molar-refractivity contribution in [3.8, 4) is 0 Å². The van der Waals surface area contributed by atoms with E-state index in [1.807, 2.05) is 0 Å². The van der Waals surface area contributed by atoms with Crippen LogP contribution < -0.4 is 5.73 Å². The van der Waals surface area contributed by atoms with Crippen molar-refractivity contribution in [3.63, 3.8) is 0 Å². The van der Waals surface area contributed by atoms with E-state index in [-0.39, 0.29) is 11.9 Å². The van der Waals surface area contributed by atoms with E-state index < -0.39 is 0 Å². The first-order valence-corrected chi connectivity index (χ1v) is 5.12. The largest absolute Gasteiger partial charge is 0.324 e. The van der Waals surface area contributed by atoms with E-state index in [0.717, 1.165) is 18.8 Å². The van der Waals surface area contributed by atoms with Crippen molar-refractivity contribution in [3.05, 3.63) is 29.8 Å². The molecule has 1 aromatic heterocycles. The summed E-state index contributed by atoms with van der Waals surface area (Å²) >= 11 is 0. The maximum atomic E-state index is 13.2. The number of nitrogens with two attached hydrogens (primary N) is 1. The maximum Gasteiger partial charge on any atom is 0.146 e. The standard InChI is InChI=1S/C11H15FN2/c12-10-7-14-6-5-9(10)11(13)4-3-8-1-2-8/h5-8,11H,1-4,13H2. The second-order valence-corrected chi connectivity index (χ2v) is 4.02. The van der Waals surface area contributed by atoms with Crippen LogP contribution in [0.3, 0.4) is 0 Å². The topological polar surface area (TPSA) is 38.9 Å². The van der Waals surface area contributed by atoms with Crippen LogP contribution in [0.25, 0.3) is 0 Å². The minimum atomic E-state index is -0.282. The molecule has 2 rings (SSSR count). The predicted octanol–water partition coefficient (Wildman–Crippen LogP) is 2.41. The number of halogens is 1. The predicted molar refractivity (Wildman–Crippen MR) is 53.1 cm³/mol. The molecule has 0 aromatic carbocycles. The summed E-state index contributed by atoms with van der Waals surface area (Å²) in [6.45, 7) is 0. The monoisotopic (exact) mass is 194 g/mol. The van der Waals surface area contributed by atoms with Gasteiger partial charge < -0.3 is 5.73 Å². The highest BCUT2D eigenvalue weighted by atomic mass is 19.1. The highest BCUT2D eigenvalue weighted by Crippen LogP contribution is 2.35. The lowest BCUT2D eigenvalue weighted by molar-refractivity contribution is 0.531. The second-order valence-electron chi connectivity index (χ2n) is 4.02. The third-order valence-corrected chi connectivity index (χ3v) is 2.79. The number of hydrogen-bond donors (Lipinski definition) is 1. The zero-order valence-corrected chi connectivity index (χ0v) is 8.12. The second kappa shape index (κ2) is 4.05. The van der Waals surface area contributed by atoms with Crippen LogP contribution in [0.2, 0.25) is 0 Å². The molecule has 1 atom stereocenters. The van der Waals surface area contributed by atoms with E-state index in [0.29, 0.717) is 5.56 Å². The molecule has 0 amide bonds. The first-order chi connectivity index (χ1) is 6.77. The molecule has 0 radical (unpaired) electrons. The smallest absolute Gasteiger partial charge is 0.146 e. The Labute approximate surface area is 83.3 Å². The summed E-state index contributed by atoms with van der Waals surface area (Å²) in [4.78, 5) is 3.70. The lowest BCUT2D eigenvalue weighted by Crippen LogP contribution is -2.12. The summed E-state index contributed by atoms with van der Waals surface area (Å²) in [6, 6.07) is 1.51. The molecule has 1 aliphatic carbocycles. The molecule has 76 valence electrons. The molecule has 0 bridgehead atoms. The summed E-state index contributed by atoms with van der Waals surface area (Å²) in [7, 11) is 0. The van der Waals surface area contributed by atoms with Crippen LogP contribution in [-0.4, -0.2) is 4.98 Å². The van der Waals surface area contributed by atoms with E-state index in [1.165, 1.54) is 19.0 Å². The van der Waals surface area contributed by atoms with Crippen molar-refractivity contribution < 1.29 is 4.39 Å². The molecule has 1 fully saturated rings. The van der Waals surface area contributed by atoms with Crippen LogP contribution in [0.15, 0.2) is 18.5 Å². The van der Waals surface area contributed by atoms with Gasteiger partial charge in [-0.3, -0.25) is 4.98 Å². The highest BCUT2D eigenvalue weighted by molar-refractivity contribution is 5.16. The van der Waals surface area contributed by atoms with Gasteiger partial charge in [0.2, 0.25) is 0 Å². The highest BCUT2D eigenvalue weighted by Gasteiger charge is 2.22. The Kier molecular flexibility index (Phi) is 2.77. The first-order valence-electron chi connectivity index (χ1n) is 5.12. The van der Waals surface area contributed by atoms with Gasteiger partial charge in [-0.25, -0.2) is 4.39 Å². The van der Waals surface area contributed by atoms with Gasteiger partial charge in [0, 0.05) is 17.8 Å². The van der Waals surface area contributed by atoms with Crippen LogP contribution in [0.4, 0.5) is 4.39 Å². The molecular formula is C11H15FN2. The number of pyridine rings is 1. The molecule has 2 N–H and O–H groups in total. The molecule has 14 heavy (non-hydrogen) atoms. The average molecular weight is 194 g/mol. The Morgan fingerprint density at radius 2 is 2.36 bits per heavy atom. The zero-order chi connectivity index (χ0) is 9.97. The van der Waals surface area contributed by atoms with E-state index in [1.54, 1.807) is 12.3 Å². The molecular weight excluding hydrogens is 179 g/mol. The van der Waals surface area contributed by atoms with Crippen LogP contribution in [0, 0.1) is 11.7 Å². The number of rotatable bonds is 4. The van der Waals surface area contributed by atoms with Crippen molar-refractivity contribution in [2.24, 2.45) is 11.7 Å². The van der Waals surface area contributed by atoms with E-state index in [2.05, 4.69) is 4.98 Å². The van der Waals surface area contributed by atoms with E-state index in [4.69, 9.17) is 5.73 Å². The quantitative estimate of drug-likeness (QED) is 0.799. The van der Waals surface area contributed by atoms with Gasteiger partial charge in [-0.05, 0) is 24.8 Å². The molecule has 1 aromatic rings. The van der Waals surface area contributed by atoms with E-state index in [9.17, 15) is 4.39 Å². The molecule has 0 spiro atoms. The third-order valence-electron chi connectivity index (χ3n) is 2.79. The van der Waals surface area contributed by atoms with Crippen LogP contribution in [0.5, 0.6) is 0 Å². The Morgan fingerprint density at radius 3 is 3.00 bits per heavy atom. The molecule has 1 aliphatic rings. The summed E-state index contributed by atoms with van der Waals surface area (Å²) < 4.78 is 13.2. The lowest BCUT2D eigenvalue weighted by Gasteiger charge is -2.11. The third kappa shape index (κ3) is 2.29. The van der Waals surface area contributed by atoms with Gasteiger partial charge in [0.05, 0.1) is 6.20 Å². The normalized spacial score (nSPS) is 18.1. The maximum absolute atomic E-state index is 13.2. The fourth-order valence-corrected chi connectivity index (χ4v) is 1.66. The van der Waals surface area contributed by atoms with Gasteiger partial charge >= 0.3 is 0 Å². The minimum Gasteiger partial charge on any atom is -0.324 e. The van der Waals surface area contributed by atoms with Crippen molar-refractivity contribution in [1.82, 2.24) is 4.98 Å². The summed E-state index contributed by atoms with van der Waals surface area (Å²) in [5.41, 5.74) is 6.50. The molecule has 0 aliphatic heterocycles. The van der Waals surface area contributed by atoms with E-state index >= 15 is 0 Å². The van der Waals surface area contributed by atoms with Crippen molar-refractivity contribution in [2.75, 3.05) is 0 Å². The zero-order valence-electron chi connectivity index (χ0n) is 8.12. The minimum absolute atomic E-state index is 0.168. The summed E-state index contributed by atoms with van der Waals surface area (Å²) in [6.07, 6.45) is 7.48. The Bertz CT molecular complexity index is 310. The number of nitrogens with zero attached hydrogens (tertiary/aromatic N) is 1. The Hall–Kier alpha value is -0.960. The fraction of sp³-hybridized carbons (Fsp3) is 0.545. The molecule has 1 saturated carbocycles. The van der Waals surface area contributed by atoms with Gasteiger partial charge in [0.15, 0.2) is 0 Å². The van der Waals surface area contributed by atoms with Gasteiger partial charge in [-0.15, -0.1) is 0 Å². The fourth-order valence-electron chi connectivity index (χ4n) is 1.66. The molecule has 2 nitrogen and oxygen atoms in total. The molecule has 1 heterocycles. The molecule has 1 unspecified atom stereocenters. The molecule has 0 saturated heterocycles. The van der Waals surface area contributed by atoms with Crippen LogP contribution in [-0.2, 0) is 0 Å². The van der Waals surface area contributed by atoms with Gasteiger partial charge in [0.1, 0.15) is 5.82 Å². The summed E-state index contributed by atoms with van der Waals surface area (Å²) in [5, 5.41) is 0. The van der Waals surface area contributed by atoms with Crippen LogP contribution >= 0.6 is 0 Å². The Balaban J connectivity index is 1.95. The summed E-state index contributed by atoms with van der Waals surface area (Å²) in [5.74, 6) is 0.571. The van der Waals surface area contributed by atoms with Gasteiger partial charge in [0.25, 0.3) is 0 Å². The Morgan fingerprint density at radius 1 is 1.57 bits per heavy atom. The van der Waals surface area contributed by atoms with Gasteiger partial charge in [-0.1, -0.05) is 12.8 Å². The average Bonchev–Trinajstić information content (AvgIpc) is 2.98. The SMILES string of the molecule is NC(CCC1CC1)c1ccncc1F.